The average molecular weight is 382 g/mol. The molecule has 1 aromatic heterocycles. The van der Waals surface area contributed by atoms with Crippen LogP contribution < -0.4 is 5.32 Å². The predicted octanol–water partition coefficient (Wildman–Crippen LogP) is 2.74. The van der Waals surface area contributed by atoms with Gasteiger partial charge in [-0.15, -0.1) is 0 Å². The lowest BCUT2D eigenvalue weighted by Gasteiger charge is -2.38. The summed E-state index contributed by atoms with van der Waals surface area (Å²) in [7, 11) is 0. The zero-order valence-electron chi connectivity index (χ0n) is 16.2. The van der Waals surface area contributed by atoms with Crippen molar-refractivity contribution < 1.29 is 14.3 Å². The van der Waals surface area contributed by atoms with E-state index in [1.807, 2.05) is 25.7 Å². The largest absolute Gasteiger partial charge is 0.508 e. The molecule has 0 unspecified atom stereocenters. The Kier molecular flexibility index (Phi) is 4.63. The molecule has 6 nitrogen and oxygen atoms in total. The minimum Gasteiger partial charge on any atom is -0.508 e. The van der Waals surface area contributed by atoms with Crippen molar-refractivity contribution in [2.24, 2.45) is 4.99 Å². The van der Waals surface area contributed by atoms with Gasteiger partial charge in [0, 0.05) is 48.1 Å². The maximum absolute atomic E-state index is 14.4. The highest BCUT2D eigenvalue weighted by molar-refractivity contribution is 6.11. The third kappa shape index (κ3) is 3.16. The Bertz CT molecular complexity index is 989. The van der Waals surface area contributed by atoms with E-state index < -0.39 is 5.82 Å². The number of carbonyl (C=O) groups excluding carboxylic acids is 1. The van der Waals surface area contributed by atoms with E-state index in [4.69, 9.17) is 0 Å². The number of fused-ring (bicyclic) bond motifs is 1. The Morgan fingerprint density at radius 1 is 1.32 bits per heavy atom. The van der Waals surface area contributed by atoms with Gasteiger partial charge < -0.3 is 15.3 Å². The van der Waals surface area contributed by atoms with E-state index in [0.29, 0.717) is 30.0 Å². The molecule has 1 fully saturated rings. The molecule has 1 aromatic carbocycles. The molecule has 2 aliphatic heterocycles. The Labute approximate surface area is 163 Å². The highest BCUT2D eigenvalue weighted by atomic mass is 19.1. The number of hydrogen-bond donors (Lipinski definition) is 2. The van der Waals surface area contributed by atoms with Gasteiger partial charge in [-0.2, -0.15) is 0 Å². The molecular weight excluding hydrogens is 359 g/mol. The van der Waals surface area contributed by atoms with Crippen molar-refractivity contribution in [2.75, 3.05) is 13.1 Å². The van der Waals surface area contributed by atoms with Crippen LogP contribution in [0, 0.1) is 5.82 Å². The fraction of sp³-hybridized carbons (Fsp3) is 0.381. The van der Waals surface area contributed by atoms with Gasteiger partial charge in [0.1, 0.15) is 11.6 Å². The van der Waals surface area contributed by atoms with Gasteiger partial charge in [-0.25, -0.2) is 9.37 Å². The van der Waals surface area contributed by atoms with Gasteiger partial charge in [0.05, 0.1) is 23.5 Å². The topological polar surface area (TPSA) is 77.8 Å². The summed E-state index contributed by atoms with van der Waals surface area (Å²) in [6.07, 6.45) is 0. The summed E-state index contributed by atoms with van der Waals surface area (Å²) in [5.41, 5.74) is 3.35. The minimum atomic E-state index is -0.578. The van der Waals surface area contributed by atoms with Crippen molar-refractivity contribution in [3.8, 4) is 17.0 Å². The van der Waals surface area contributed by atoms with Crippen molar-refractivity contribution in [2.45, 2.75) is 39.4 Å². The molecule has 0 aliphatic carbocycles. The maximum atomic E-state index is 14.4. The molecule has 7 heteroatoms. The molecule has 0 spiro atoms. The normalized spacial score (nSPS) is 21.4. The summed E-state index contributed by atoms with van der Waals surface area (Å²) in [6, 6.07) is 5.86. The zero-order chi connectivity index (χ0) is 20.0. The maximum Gasteiger partial charge on any atom is 0.255 e. The number of phenolic OH excluding ortho intramolecular Hbond substituents is 1. The van der Waals surface area contributed by atoms with Gasteiger partial charge in [-0.1, -0.05) is 0 Å². The third-order valence-corrected chi connectivity index (χ3v) is 5.41. The molecule has 2 aliphatic rings. The molecule has 1 saturated heterocycles. The number of halogens is 1. The van der Waals surface area contributed by atoms with E-state index in [1.54, 1.807) is 6.07 Å². The first-order valence-corrected chi connectivity index (χ1v) is 9.43. The number of aromatic nitrogens is 1. The molecule has 4 rings (SSSR count). The summed E-state index contributed by atoms with van der Waals surface area (Å²) in [5, 5.41) is 12.9. The molecule has 0 bridgehead atoms. The van der Waals surface area contributed by atoms with Crippen LogP contribution in [0.4, 0.5) is 4.39 Å². The van der Waals surface area contributed by atoms with Crippen molar-refractivity contribution in [1.82, 2.24) is 15.2 Å². The highest BCUT2D eigenvalue weighted by Crippen LogP contribution is 2.31. The number of aliphatic imine (C=N–C) groups is 1. The standard InChI is InChI=1S/C21H23FN4O2/c1-11-10-26(12(2)8-23-11)21(28)16-7-18(15-5-4-14(27)6-17(15)22)25-19-9-24-13(3)20(16)19/h4-7,11-12,23,27H,8-10H2,1-3H3/t11-,12-/m1/s1. The Balaban J connectivity index is 1.83. The van der Waals surface area contributed by atoms with Crippen molar-refractivity contribution in [1.29, 1.82) is 0 Å². The summed E-state index contributed by atoms with van der Waals surface area (Å²) < 4.78 is 14.4. The van der Waals surface area contributed by atoms with E-state index in [2.05, 4.69) is 15.3 Å². The number of pyridine rings is 1. The molecule has 0 saturated carbocycles. The average Bonchev–Trinajstić information content (AvgIpc) is 3.03. The van der Waals surface area contributed by atoms with Crippen LogP contribution in [-0.2, 0) is 6.54 Å². The van der Waals surface area contributed by atoms with Crippen LogP contribution in [0.2, 0.25) is 0 Å². The number of hydrogen-bond acceptors (Lipinski definition) is 5. The summed E-state index contributed by atoms with van der Waals surface area (Å²) in [6.45, 7) is 7.65. The molecule has 2 aromatic rings. The first kappa shape index (κ1) is 18.6. The number of amides is 1. The Morgan fingerprint density at radius 3 is 2.86 bits per heavy atom. The summed E-state index contributed by atoms with van der Waals surface area (Å²) in [5.74, 6) is -0.816. The fourth-order valence-electron chi connectivity index (χ4n) is 3.87. The van der Waals surface area contributed by atoms with Gasteiger partial charge in [-0.3, -0.25) is 9.79 Å². The first-order chi connectivity index (χ1) is 13.3. The second-order valence-corrected chi connectivity index (χ2v) is 7.56. The quantitative estimate of drug-likeness (QED) is 0.837. The molecule has 146 valence electrons. The minimum absolute atomic E-state index is 0.0556. The number of carbonyl (C=O) groups is 1. The van der Waals surface area contributed by atoms with Crippen molar-refractivity contribution >= 4 is 11.6 Å². The predicted molar refractivity (Wildman–Crippen MR) is 105 cm³/mol. The molecule has 2 N–H and O–H groups in total. The van der Waals surface area contributed by atoms with Gasteiger partial charge in [0.15, 0.2) is 0 Å². The van der Waals surface area contributed by atoms with Crippen molar-refractivity contribution in [3.05, 3.63) is 46.9 Å². The van der Waals surface area contributed by atoms with Crippen LogP contribution >= 0.6 is 0 Å². The monoisotopic (exact) mass is 382 g/mol. The molecule has 2 atom stereocenters. The highest BCUT2D eigenvalue weighted by Gasteiger charge is 2.32. The van der Waals surface area contributed by atoms with Crippen LogP contribution in [-0.4, -0.2) is 51.8 Å². The molecule has 0 radical (unpaired) electrons. The zero-order valence-corrected chi connectivity index (χ0v) is 16.2. The molecule has 28 heavy (non-hydrogen) atoms. The van der Waals surface area contributed by atoms with Crippen LogP contribution in [0.25, 0.3) is 11.3 Å². The summed E-state index contributed by atoms with van der Waals surface area (Å²) in [4.78, 5) is 24.3. The second kappa shape index (κ2) is 6.98. The number of piperazine rings is 1. The number of rotatable bonds is 2. The van der Waals surface area contributed by atoms with Gasteiger partial charge in [0.25, 0.3) is 5.91 Å². The van der Waals surface area contributed by atoms with Crippen molar-refractivity contribution in [3.63, 3.8) is 0 Å². The number of aromatic hydroxyl groups is 1. The van der Waals surface area contributed by atoms with E-state index in [0.717, 1.165) is 23.9 Å². The van der Waals surface area contributed by atoms with Crippen LogP contribution in [0.5, 0.6) is 5.75 Å². The third-order valence-electron chi connectivity index (χ3n) is 5.41. The van der Waals surface area contributed by atoms with Gasteiger partial charge >= 0.3 is 0 Å². The van der Waals surface area contributed by atoms with Crippen LogP contribution in [0.15, 0.2) is 29.3 Å². The first-order valence-electron chi connectivity index (χ1n) is 9.43. The fourth-order valence-corrected chi connectivity index (χ4v) is 3.87. The van der Waals surface area contributed by atoms with E-state index in [9.17, 15) is 14.3 Å². The van der Waals surface area contributed by atoms with E-state index in [-0.39, 0.29) is 29.3 Å². The lowest BCUT2D eigenvalue weighted by Crippen LogP contribution is -2.56. The SMILES string of the molecule is CC1=NCc2nc(-c3ccc(O)cc3F)cc(C(=O)N3C[C@@H](C)NC[C@H]3C)c21. The lowest BCUT2D eigenvalue weighted by atomic mass is 9.98. The smallest absolute Gasteiger partial charge is 0.255 e. The second-order valence-electron chi connectivity index (χ2n) is 7.56. The summed E-state index contributed by atoms with van der Waals surface area (Å²) >= 11 is 0. The number of nitrogens with zero attached hydrogens (tertiary/aromatic N) is 3. The Morgan fingerprint density at radius 2 is 2.11 bits per heavy atom. The van der Waals surface area contributed by atoms with Gasteiger partial charge in [-0.05, 0) is 39.0 Å². The number of nitrogens with one attached hydrogen (secondary N) is 1. The van der Waals surface area contributed by atoms with E-state index in [1.165, 1.54) is 12.1 Å². The van der Waals surface area contributed by atoms with E-state index >= 15 is 0 Å². The Hall–Kier alpha value is -2.80. The van der Waals surface area contributed by atoms with Gasteiger partial charge in [0.2, 0.25) is 0 Å². The van der Waals surface area contributed by atoms with Crippen LogP contribution in [0.1, 0.15) is 42.4 Å². The number of phenols is 1. The number of benzene rings is 1. The molecule has 1 amide bonds. The lowest BCUT2D eigenvalue weighted by molar-refractivity contribution is 0.0616. The van der Waals surface area contributed by atoms with Crippen LogP contribution in [0.3, 0.4) is 0 Å². The molecular formula is C21H23FN4O2. The molecule has 3 heterocycles.